The molecule has 1 aromatic carbocycles. The molecule has 1 N–H and O–H groups in total. The van der Waals surface area contributed by atoms with Gasteiger partial charge in [-0.1, -0.05) is 56.3 Å². The summed E-state index contributed by atoms with van der Waals surface area (Å²) in [5, 5.41) is 15.0. The maximum Gasteiger partial charge on any atom is 0.338 e. The van der Waals surface area contributed by atoms with Gasteiger partial charge < -0.3 is 19.5 Å². The van der Waals surface area contributed by atoms with Crippen LogP contribution in [-0.4, -0.2) is 47.0 Å². The van der Waals surface area contributed by atoms with E-state index in [1.54, 1.807) is 25.0 Å². The standard InChI is InChI=1S/C22H31N5O4/c1-5-6-7-8-9-10-14-31-21(28)18-15(2)23-22-24-25-26-27(22)19(18)16-12-11-13-17(29-3)20(16)30-4/h11-13,19H,5-10,14H2,1-4H3,(H,23,24,26)/t19-/m0/s1. The lowest BCUT2D eigenvalue weighted by molar-refractivity contribution is -0.139. The molecule has 2 heterocycles. The van der Waals surface area contributed by atoms with Crippen molar-refractivity contribution >= 4 is 11.9 Å². The van der Waals surface area contributed by atoms with Crippen LogP contribution in [0.3, 0.4) is 0 Å². The molecule has 1 aromatic heterocycles. The van der Waals surface area contributed by atoms with Crippen molar-refractivity contribution in [1.29, 1.82) is 0 Å². The summed E-state index contributed by atoms with van der Waals surface area (Å²) in [5.74, 6) is 1.13. The quantitative estimate of drug-likeness (QED) is 0.424. The van der Waals surface area contributed by atoms with Crippen LogP contribution < -0.4 is 14.8 Å². The minimum Gasteiger partial charge on any atom is -0.493 e. The molecule has 31 heavy (non-hydrogen) atoms. The number of anilines is 1. The van der Waals surface area contributed by atoms with Gasteiger partial charge in [-0.25, -0.2) is 4.79 Å². The SMILES string of the molecule is CCCCCCCCOC(=O)C1=C(C)Nc2nnnn2[C@H]1c1cccc(OC)c1OC. The molecule has 1 aliphatic rings. The third-order valence-electron chi connectivity index (χ3n) is 5.39. The van der Waals surface area contributed by atoms with Crippen LogP contribution in [0.2, 0.25) is 0 Å². The first kappa shape index (κ1) is 22.6. The van der Waals surface area contributed by atoms with Crippen LogP contribution >= 0.6 is 0 Å². The Morgan fingerprint density at radius 1 is 1.13 bits per heavy atom. The van der Waals surface area contributed by atoms with Gasteiger partial charge in [0.2, 0.25) is 5.95 Å². The summed E-state index contributed by atoms with van der Waals surface area (Å²) >= 11 is 0. The Labute approximate surface area is 182 Å². The van der Waals surface area contributed by atoms with Crippen molar-refractivity contribution in [2.75, 3.05) is 26.1 Å². The number of nitrogens with one attached hydrogen (secondary N) is 1. The van der Waals surface area contributed by atoms with Crippen molar-refractivity contribution in [2.45, 2.75) is 58.4 Å². The van der Waals surface area contributed by atoms with Crippen LogP contribution in [0.15, 0.2) is 29.5 Å². The molecule has 0 aliphatic carbocycles. The van der Waals surface area contributed by atoms with Crippen LogP contribution in [0.5, 0.6) is 11.5 Å². The molecule has 0 unspecified atom stereocenters. The number of hydrogen-bond acceptors (Lipinski definition) is 8. The highest BCUT2D eigenvalue weighted by molar-refractivity contribution is 5.92. The van der Waals surface area contributed by atoms with Gasteiger partial charge in [-0.3, -0.25) is 0 Å². The number of unbranched alkanes of at least 4 members (excludes halogenated alkanes) is 5. The number of para-hydroxylation sites is 1. The zero-order chi connectivity index (χ0) is 22.2. The van der Waals surface area contributed by atoms with Crippen molar-refractivity contribution in [3.8, 4) is 11.5 Å². The third kappa shape index (κ3) is 4.98. The Bertz CT molecular complexity index is 924. The monoisotopic (exact) mass is 429 g/mol. The zero-order valence-electron chi connectivity index (χ0n) is 18.7. The molecule has 9 heteroatoms. The highest BCUT2D eigenvalue weighted by atomic mass is 16.5. The number of tetrazole rings is 1. The van der Waals surface area contributed by atoms with Gasteiger partial charge in [0.15, 0.2) is 11.5 Å². The molecular formula is C22H31N5O4. The van der Waals surface area contributed by atoms with Gasteiger partial charge in [-0.05, 0) is 29.8 Å². The molecule has 0 fully saturated rings. The molecule has 0 spiro atoms. The Morgan fingerprint density at radius 2 is 1.90 bits per heavy atom. The number of carbonyl (C=O) groups is 1. The molecule has 9 nitrogen and oxygen atoms in total. The Balaban J connectivity index is 1.84. The molecule has 0 radical (unpaired) electrons. The van der Waals surface area contributed by atoms with Gasteiger partial charge in [0, 0.05) is 11.3 Å². The van der Waals surface area contributed by atoms with Crippen LogP contribution in [0.1, 0.15) is 64.0 Å². The van der Waals surface area contributed by atoms with Crippen molar-refractivity contribution in [1.82, 2.24) is 20.2 Å². The number of aromatic nitrogens is 4. The number of benzene rings is 1. The second-order valence-electron chi connectivity index (χ2n) is 7.50. The number of methoxy groups -OCH3 is 2. The van der Waals surface area contributed by atoms with E-state index in [1.165, 1.54) is 19.3 Å². The summed E-state index contributed by atoms with van der Waals surface area (Å²) in [6, 6.07) is 4.92. The Morgan fingerprint density at radius 3 is 2.65 bits per heavy atom. The van der Waals surface area contributed by atoms with Crippen LogP contribution in [0.25, 0.3) is 0 Å². The summed E-state index contributed by atoms with van der Waals surface area (Å²) in [5.41, 5.74) is 1.80. The molecule has 2 aromatic rings. The normalized spacial score (nSPS) is 15.3. The summed E-state index contributed by atoms with van der Waals surface area (Å²) in [7, 11) is 3.14. The molecule has 0 saturated carbocycles. The van der Waals surface area contributed by atoms with E-state index >= 15 is 0 Å². The summed E-state index contributed by atoms with van der Waals surface area (Å²) < 4.78 is 18.3. The summed E-state index contributed by atoms with van der Waals surface area (Å²) in [4.78, 5) is 13.1. The van der Waals surface area contributed by atoms with E-state index in [0.717, 1.165) is 19.3 Å². The lowest BCUT2D eigenvalue weighted by atomic mass is 9.94. The van der Waals surface area contributed by atoms with Gasteiger partial charge in [0.05, 0.1) is 26.4 Å². The van der Waals surface area contributed by atoms with Gasteiger partial charge in [-0.15, -0.1) is 0 Å². The second kappa shape index (κ2) is 10.8. The number of allylic oxidation sites excluding steroid dienone is 1. The van der Waals surface area contributed by atoms with Crippen molar-refractivity contribution in [2.24, 2.45) is 0 Å². The zero-order valence-corrected chi connectivity index (χ0v) is 18.7. The first-order chi connectivity index (χ1) is 15.1. The smallest absolute Gasteiger partial charge is 0.338 e. The van der Waals surface area contributed by atoms with Gasteiger partial charge >= 0.3 is 5.97 Å². The number of nitrogens with zero attached hydrogens (tertiary/aromatic N) is 4. The van der Waals surface area contributed by atoms with Crippen LogP contribution in [0.4, 0.5) is 5.95 Å². The van der Waals surface area contributed by atoms with Crippen LogP contribution in [0, 0.1) is 0 Å². The summed E-state index contributed by atoms with van der Waals surface area (Å²) in [6.07, 6.45) is 6.73. The number of rotatable bonds is 11. The van der Waals surface area contributed by atoms with Crippen molar-refractivity contribution in [3.63, 3.8) is 0 Å². The van der Waals surface area contributed by atoms with Gasteiger partial charge in [0.1, 0.15) is 6.04 Å². The van der Waals surface area contributed by atoms with E-state index < -0.39 is 12.0 Å². The van der Waals surface area contributed by atoms with Gasteiger partial charge in [0.25, 0.3) is 0 Å². The Kier molecular flexibility index (Phi) is 7.86. The fraction of sp³-hybridized carbons (Fsp3) is 0.545. The predicted molar refractivity (Wildman–Crippen MR) is 116 cm³/mol. The first-order valence-electron chi connectivity index (χ1n) is 10.8. The molecule has 1 atom stereocenters. The second-order valence-corrected chi connectivity index (χ2v) is 7.50. The molecule has 1 aliphatic heterocycles. The predicted octanol–water partition coefficient (Wildman–Crippen LogP) is 3.88. The number of ether oxygens (including phenoxy) is 3. The van der Waals surface area contributed by atoms with E-state index in [9.17, 15) is 4.79 Å². The molecule has 0 bridgehead atoms. The van der Waals surface area contributed by atoms with E-state index in [-0.39, 0.29) is 0 Å². The Hall–Kier alpha value is -3.10. The molecule has 168 valence electrons. The average molecular weight is 430 g/mol. The molecular weight excluding hydrogens is 398 g/mol. The van der Waals surface area contributed by atoms with E-state index in [4.69, 9.17) is 14.2 Å². The average Bonchev–Trinajstić information content (AvgIpc) is 3.24. The number of esters is 1. The molecule has 0 amide bonds. The fourth-order valence-electron chi connectivity index (χ4n) is 3.82. The van der Waals surface area contributed by atoms with E-state index in [2.05, 4.69) is 27.8 Å². The number of carbonyl (C=O) groups excluding carboxylic acids is 1. The minimum atomic E-state index is -0.603. The van der Waals surface area contributed by atoms with E-state index in [1.807, 2.05) is 19.1 Å². The highest BCUT2D eigenvalue weighted by Crippen LogP contribution is 2.42. The molecule has 3 rings (SSSR count). The lowest BCUT2D eigenvalue weighted by Gasteiger charge is -2.28. The highest BCUT2D eigenvalue weighted by Gasteiger charge is 2.37. The third-order valence-corrected chi connectivity index (χ3v) is 5.39. The molecule has 0 saturated heterocycles. The fourth-order valence-corrected chi connectivity index (χ4v) is 3.82. The summed E-state index contributed by atoms with van der Waals surface area (Å²) in [6.45, 7) is 4.39. The largest absolute Gasteiger partial charge is 0.493 e. The van der Waals surface area contributed by atoms with Crippen molar-refractivity contribution in [3.05, 3.63) is 35.0 Å². The topological polar surface area (TPSA) is 100 Å². The van der Waals surface area contributed by atoms with E-state index in [0.29, 0.717) is 40.9 Å². The lowest BCUT2D eigenvalue weighted by Crippen LogP contribution is -2.30. The maximum absolute atomic E-state index is 13.1. The van der Waals surface area contributed by atoms with Gasteiger partial charge in [-0.2, -0.15) is 4.68 Å². The van der Waals surface area contributed by atoms with Crippen molar-refractivity contribution < 1.29 is 19.0 Å². The number of hydrogen-bond donors (Lipinski definition) is 1. The van der Waals surface area contributed by atoms with Crippen LogP contribution in [-0.2, 0) is 9.53 Å². The first-order valence-corrected chi connectivity index (χ1v) is 10.8. The maximum atomic E-state index is 13.1. The number of fused-ring (bicyclic) bond motifs is 1. The minimum absolute atomic E-state index is 0.381.